The van der Waals surface area contributed by atoms with Gasteiger partial charge in [0.1, 0.15) is 0 Å². The summed E-state index contributed by atoms with van der Waals surface area (Å²) in [4.78, 5) is 12.6. The number of nitro benzene ring substituents is 1. The van der Waals surface area contributed by atoms with Gasteiger partial charge in [-0.15, -0.1) is 0 Å². The number of benzene rings is 1. The second-order valence-corrected chi connectivity index (χ2v) is 5.62. The van der Waals surface area contributed by atoms with E-state index in [4.69, 9.17) is 0 Å². The van der Waals surface area contributed by atoms with Crippen molar-refractivity contribution >= 4 is 27.3 Å². The third-order valence-electron chi connectivity index (χ3n) is 3.61. The predicted molar refractivity (Wildman–Crippen MR) is 76.3 cm³/mol. The molecule has 98 valence electrons. The Kier molecular flexibility index (Phi) is 3.90. The zero-order chi connectivity index (χ0) is 13.3. The van der Waals surface area contributed by atoms with Gasteiger partial charge >= 0.3 is 0 Å². The Bertz CT molecular complexity index is 464. The Hall–Kier alpha value is -1.10. The van der Waals surface area contributed by atoms with E-state index >= 15 is 0 Å². The molecule has 1 aliphatic rings. The minimum Gasteiger partial charge on any atom is -0.374 e. The lowest BCUT2D eigenvalue weighted by molar-refractivity contribution is -0.384. The lowest BCUT2D eigenvalue weighted by Gasteiger charge is -2.21. The van der Waals surface area contributed by atoms with Crippen LogP contribution in [0.25, 0.3) is 0 Å². The zero-order valence-corrected chi connectivity index (χ0v) is 12.2. The maximum atomic E-state index is 10.8. The molecular weight excluding hydrogens is 296 g/mol. The molecule has 1 aromatic carbocycles. The summed E-state index contributed by atoms with van der Waals surface area (Å²) in [5.74, 6) is 1.59. The van der Waals surface area contributed by atoms with Crippen molar-refractivity contribution in [2.75, 3.05) is 18.5 Å². The van der Waals surface area contributed by atoms with Crippen molar-refractivity contribution in [2.45, 2.75) is 18.7 Å². The van der Waals surface area contributed by atoms with Crippen molar-refractivity contribution in [3.63, 3.8) is 0 Å². The molecule has 0 radical (unpaired) electrons. The highest BCUT2D eigenvalue weighted by Gasteiger charge is 2.33. The molecule has 0 amide bonds. The van der Waals surface area contributed by atoms with Crippen LogP contribution in [0.2, 0.25) is 0 Å². The van der Waals surface area contributed by atoms with E-state index in [1.165, 1.54) is 6.42 Å². The second kappa shape index (κ2) is 5.26. The van der Waals surface area contributed by atoms with E-state index in [9.17, 15) is 10.1 Å². The molecular formula is C13H17BrN2O2. The topological polar surface area (TPSA) is 46.4 Å². The average Bonchev–Trinajstić information content (AvgIpc) is 3.03. The van der Waals surface area contributed by atoms with Crippen LogP contribution in [0.15, 0.2) is 18.2 Å². The number of rotatable bonds is 5. The molecule has 0 heterocycles. The van der Waals surface area contributed by atoms with Gasteiger partial charge in [0, 0.05) is 36.7 Å². The smallest absolute Gasteiger partial charge is 0.269 e. The SMILES string of the molecule is CC1CC1CN(C)c1ccc([N+](=O)[O-])cc1CBr. The van der Waals surface area contributed by atoms with E-state index in [2.05, 4.69) is 34.8 Å². The van der Waals surface area contributed by atoms with Crippen LogP contribution in [0.4, 0.5) is 11.4 Å². The molecule has 5 heteroatoms. The van der Waals surface area contributed by atoms with Gasteiger partial charge in [0.2, 0.25) is 0 Å². The molecule has 4 nitrogen and oxygen atoms in total. The van der Waals surface area contributed by atoms with Crippen molar-refractivity contribution < 1.29 is 4.92 Å². The highest BCUT2D eigenvalue weighted by Crippen LogP contribution is 2.39. The van der Waals surface area contributed by atoms with Gasteiger partial charge in [0.15, 0.2) is 0 Å². The van der Waals surface area contributed by atoms with Gasteiger partial charge in [0.05, 0.1) is 4.92 Å². The number of non-ortho nitro benzene ring substituents is 1. The summed E-state index contributed by atoms with van der Waals surface area (Å²) in [6.07, 6.45) is 1.29. The zero-order valence-electron chi connectivity index (χ0n) is 10.6. The molecule has 0 aliphatic heterocycles. The Morgan fingerprint density at radius 2 is 2.22 bits per heavy atom. The van der Waals surface area contributed by atoms with Gasteiger partial charge in [-0.1, -0.05) is 22.9 Å². The van der Waals surface area contributed by atoms with E-state index in [-0.39, 0.29) is 10.6 Å². The predicted octanol–water partition coefficient (Wildman–Crippen LogP) is 3.58. The van der Waals surface area contributed by atoms with Crippen LogP contribution in [0.5, 0.6) is 0 Å². The third-order valence-corrected chi connectivity index (χ3v) is 4.22. The first kappa shape index (κ1) is 13.3. The Labute approximate surface area is 115 Å². The molecule has 0 N–H and O–H groups in total. The first-order valence-electron chi connectivity index (χ1n) is 6.07. The van der Waals surface area contributed by atoms with Crippen molar-refractivity contribution in [3.05, 3.63) is 33.9 Å². The summed E-state index contributed by atoms with van der Waals surface area (Å²) in [6.45, 7) is 3.29. The largest absolute Gasteiger partial charge is 0.374 e. The maximum absolute atomic E-state index is 10.8. The maximum Gasteiger partial charge on any atom is 0.269 e. The van der Waals surface area contributed by atoms with Crippen molar-refractivity contribution in [1.29, 1.82) is 0 Å². The number of alkyl halides is 1. The third kappa shape index (κ3) is 2.83. The number of hydrogen-bond donors (Lipinski definition) is 0. The molecule has 1 fully saturated rings. The van der Waals surface area contributed by atoms with Gasteiger partial charge in [0.25, 0.3) is 5.69 Å². The van der Waals surface area contributed by atoms with Crippen LogP contribution in [-0.2, 0) is 5.33 Å². The molecule has 0 bridgehead atoms. The van der Waals surface area contributed by atoms with Crippen LogP contribution in [0, 0.1) is 22.0 Å². The van der Waals surface area contributed by atoms with Crippen LogP contribution < -0.4 is 4.90 Å². The molecule has 18 heavy (non-hydrogen) atoms. The monoisotopic (exact) mass is 312 g/mol. The molecule has 1 aromatic rings. The average molecular weight is 313 g/mol. The van der Waals surface area contributed by atoms with Gasteiger partial charge in [-0.05, 0) is 29.9 Å². The fraction of sp³-hybridized carbons (Fsp3) is 0.538. The summed E-state index contributed by atoms with van der Waals surface area (Å²) in [5, 5.41) is 11.4. The molecule has 0 aromatic heterocycles. The molecule has 2 rings (SSSR count). The highest BCUT2D eigenvalue weighted by atomic mass is 79.9. The van der Waals surface area contributed by atoms with E-state index < -0.39 is 0 Å². The fourth-order valence-corrected chi connectivity index (χ4v) is 2.72. The molecule has 2 atom stereocenters. The Morgan fingerprint density at radius 1 is 1.56 bits per heavy atom. The lowest BCUT2D eigenvalue weighted by atomic mass is 10.1. The van der Waals surface area contributed by atoms with Crippen LogP contribution in [0.3, 0.4) is 0 Å². The lowest BCUT2D eigenvalue weighted by Crippen LogP contribution is -2.21. The van der Waals surface area contributed by atoms with E-state index in [1.54, 1.807) is 12.1 Å². The Morgan fingerprint density at radius 3 is 2.72 bits per heavy atom. The molecule has 2 unspecified atom stereocenters. The minimum absolute atomic E-state index is 0.154. The number of halogens is 1. The summed E-state index contributed by atoms with van der Waals surface area (Å²) in [5.41, 5.74) is 2.21. The van der Waals surface area contributed by atoms with Crippen molar-refractivity contribution in [3.8, 4) is 0 Å². The molecule has 1 saturated carbocycles. The normalized spacial score (nSPS) is 21.7. The van der Waals surface area contributed by atoms with Gasteiger partial charge < -0.3 is 4.90 Å². The quantitative estimate of drug-likeness (QED) is 0.474. The van der Waals surface area contributed by atoms with Crippen molar-refractivity contribution in [1.82, 2.24) is 0 Å². The van der Waals surface area contributed by atoms with Crippen LogP contribution >= 0.6 is 15.9 Å². The number of hydrogen-bond acceptors (Lipinski definition) is 3. The molecule has 0 spiro atoms. The van der Waals surface area contributed by atoms with Gasteiger partial charge in [-0.2, -0.15) is 0 Å². The van der Waals surface area contributed by atoms with E-state index in [0.717, 1.165) is 29.6 Å². The number of nitrogens with zero attached hydrogens (tertiary/aromatic N) is 2. The summed E-state index contributed by atoms with van der Waals surface area (Å²) in [6, 6.07) is 5.08. The van der Waals surface area contributed by atoms with E-state index in [1.807, 2.05) is 6.07 Å². The highest BCUT2D eigenvalue weighted by molar-refractivity contribution is 9.08. The van der Waals surface area contributed by atoms with Crippen LogP contribution in [-0.4, -0.2) is 18.5 Å². The minimum atomic E-state index is -0.348. The molecule has 1 aliphatic carbocycles. The summed E-state index contributed by atoms with van der Waals surface area (Å²) in [7, 11) is 2.05. The number of nitro groups is 1. The van der Waals surface area contributed by atoms with Crippen LogP contribution in [0.1, 0.15) is 18.9 Å². The standard InChI is InChI=1S/C13H17BrN2O2/c1-9-5-11(9)8-15(2)13-4-3-12(16(17)18)6-10(13)7-14/h3-4,6,9,11H,5,7-8H2,1-2H3. The van der Waals surface area contributed by atoms with E-state index in [0.29, 0.717) is 5.33 Å². The first-order chi connectivity index (χ1) is 8.52. The van der Waals surface area contributed by atoms with Gasteiger partial charge in [-0.25, -0.2) is 0 Å². The first-order valence-corrected chi connectivity index (χ1v) is 7.19. The summed E-state index contributed by atoms with van der Waals surface area (Å²) >= 11 is 3.40. The number of anilines is 1. The fourth-order valence-electron chi connectivity index (χ4n) is 2.27. The summed E-state index contributed by atoms with van der Waals surface area (Å²) < 4.78 is 0. The second-order valence-electron chi connectivity index (χ2n) is 5.06. The van der Waals surface area contributed by atoms with Crippen molar-refractivity contribution in [2.24, 2.45) is 11.8 Å². The Balaban J connectivity index is 2.18. The van der Waals surface area contributed by atoms with Gasteiger partial charge in [-0.3, -0.25) is 10.1 Å². The molecule has 0 saturated heterocycles.